The number of aryl methyl sites for hydroxylation is 1. The molecule has 1 unspecified atom stereocenters. The van der Waals surface area contributed by atoms with Gasteiger partial charge in [-0.1, -0.05) is 37.0 Å². The number of rotatable bonds is 3. The highest BCUT2D eigenvalue weighted by molar-refractivity contribution is 7.92. The second kappa shape index (κ2) is 5.75. The van der Waals surface area contributed by atoms with Crippen LogP contribution in [0.2, 0.25) is 0 Å². The molecule has 1 aliphatic carbocycles. The molecule has 1 aromatic carbocycles. The van der Waals surface area contributed by atoms with Crippen molar-refractivity contribution in [3.05, 3.63) is 41.2 Å². The van der Waals surface area contributed by atoms with E-state index in [0.29, 0.717) is 0 Å². The van der Waals surface area contributed by atoms with Gasteiger partial charge in [0, 0.05) is 5.92 Å². The SMILES string of the molecule is [C-]#[N+]C(C1CCCCC1)S(=O)(=O)c1ccc(C)cc1. The van der Waals surface area contributed by atoms with Gasteiger partial charge in [0.2, 0.25) is 0 Å². The van der Waals surface area contributed by atoms with Crippen molar-refractivity contribution >= 4 is 9.84 Å². The molecule has 0 heterocycles. The normalized spacial score (nSPS) is 18.7. The van der Waals surface area contributed by atoms with Crippen LogP contribution in [0.15, 0.2) is 29.2 Å². The van der Waals surface area contributed by atoms with Gasteiger partial charge in [-0.2, -0.15) is 0 Å². The Hall–Kier alpha value is -1.34. The molecule has 4 heteroatoms. The fraction of sp³-hybridized carbons (Fsp3) is 0.533. The van der Waals surface area contributed by atoms with Crippen LogP contribution in [0.1, 0.15) is 37.7 Å². The van der Waals surface area contributed by atoms with Gasteiger partial charge in [0.1, 0.15) is 0 Å². The fourth-order valence-corrected chi connectivity index (χ4v) is 4.43. The molecule has 19 heavy (non-hydrogen) atoms. The minimum absolute atomic E-state index is 0.00227. The van der Waals surface area contributed by atoms with Gasteiger partial charge in [-0.15, -0.1) is 0 Å². The van der Waals surface area contributed by atoms with Gasteiger partial charge >= 0.3 is 5.37 Å². The van der Waals surface area contributed by atoms with Crippen molar-refractivity contribution in [2.75, 3.05) is 0 Å². The Labute approximate surface area is 115 Å². The van der Waals surface area contributed by atoms with Crippen molar-refractivity contribution in [1.29, 1.82) is 0 Å². The molecule has 1 aromatic rings. The first-order chi connectivity index (χ1) is 9.05. The monoisotopic (exact) mass is 277 g/mol. The van der Waals surface area contributed by atoms with E-state index < -0.39 is 15.2 Å². The summed E-state index contributed by atoms with van der Waals surface area (Å²) < 4.78 is 25.1. The van der Waals surface area contributed by atoms with Gasteiger partial charge < -0.3 is 0 Å². The predicted molar refractivity (Wildman–Crippen MR) is 75.3 cm³/mol. The summed E-state index contributed by atoms with van der Waals surface area (Å²) in [4.78, 5) is 3.73. The van der Waals surface area contributed by atoms with E-state index in [1.165, 1.54) is 0 Å². The van der Waals surface area contributed by atoms with E-state index in [4.69, 9.17) is 6.57 Å². The predicted octanol–water partition coefficient (Wildman–Crippen LogP) is 3.59. The van der Waals surface area contributed by atoms with Crippen molar-refractivity contribution in [2.24, 2.45) is 5.92 Å². The van der Waals surface area contributed by atoms with E-state index in [1.807, 2.05) is 6.92 Å². The third kappa shape index (κ3) is 2.98. The highest BCUT2D eigenvalue weighted by atomic mass is 32.2. The summed E-state index contributed by atoms with van der Waals surface area (Å²) >= 11 is 0. The van der Waals surface area contributed by atoms with E-state index in [0.717, 1.165) is 37.7 Å². The molecule has 1 saturated carbocycles. The maximum Gasteiger partial charge on any atom is 0.327 e. The number of hydrogen-bond acceptors (Lipinski definition) is 2. The zero-order valence-electron chi connectivity index (χ0n) is 11.2. The smallest absolute Gasteiger partial charge is 0.296 e. The van der Waals surface area contributed by atoms with E-state index in [9.17, 15) is 8.42 Å². The quantitative estimate of drug-likeness (QED) is 0.792. The number of benzene rings is 1. The zero-order valence-corrected chi connectivity index (χ0v) is 12.0. The topological polar surface area (TPSA) is 38.5 Å². The Morgan fingerprint density at radius 1 is 1.16 bits per heavy atom. The second-order valence-electron chi connectivity index (χ2n) is 5.28. The Balaban J connectivity index is 2.30. The molecular formula is C15H19NO2S. The summed E-state index contributed by atoms with van der Waals surface area (Å²) in [5.74, 6) is -0.00227. The van der Waals surface area contributed by atoms with Crippen LogP contribution in [0.25, 0.3) is 4.85 Å². The molecule has 0 spiro atoms. The molecule has 0 N–H and O–H groups in total. The molecule has 0 aliphatic heterocycles. The lowest BCUT2D eigenvalue weighted by molar-refractivity contribution is 0.359. The van der Waals surface area contributed by atoms with Crippen LogP contribution in [-0.4, -0.2) is 13.8 Å². The van der Waals surface area contributed by atoms with Crippen LogP contribution in [0.5, 0.6) is 0 Å². The van der Waals surface area contributed by atoms with E-state index in [-0.39, 0.29) is 10.8 Å². The van der Waals surface area contributed by atoms with Crippen molar-refractivity contribution < 1.29 is 8.42 Å². The molecule has 1 aliphatic rings. The minimum atomic E-state index is -3.52. The lowest BCUT2D eigenvalue weighted by Gasteiger charge is -2.22. The minimum Gasteiger partial charge on any atom is -0.296 e. The molecule has 1 fully saturated rings. The first kappa shape index (κ1) is 14.1. The molecule has 0 amide bonds. The summed E-state index contributed by atoms with van der Waals surface area (Å²) in [7, 11) is -3.52. The van der Waals surface area contributed by atoms with Crippen molar-refractivity contribution in [3.8, 4) is 0 Å². The Morgan fingerprint density at radius 3 is 2.26 bits per heavy atom. The highest BCUT2D eigenvalue weighted by Gasteiger charge is 2.40. The molecule has 3 nitrogen and oxygen atoms in total. The van der Waals surface area contributed by atoms with Crippen LogP contribution in [0.4, 0.5) is 0 Å². The van der Waals surface area contributed by atoms with Crippen molar-refractivity contribution in [1.82, 2.24) is 0 Å². The largest absolute Gasteiger partial charge is 0.327 e. The zero-order chi connectivity index (χ0) is 13.9. The molecule has 0 radical (unpaired) electrons. The van der Waals surface area contributed by atoms with Gasteiger partial charge in [-0.3, -0.25) is 4.85 Å². The van der Waals surface area contributed by atoms with Crippen LogP contribution in [-0.2, 0) is 9.84 Å². The van der Waals surface area contributed by atoms with Gasteiger partial charge in [0.15, 0.2) is 0 Å². The van der Waals surface area contributed by atoms with Crippen LogP contribution >= 0.6 is 0 Å². The lowest BCUT2D eigenvalue weighted by atomic mass is 9.89. The summed E-state index contributed by atoms with van der Waals surface area (Å²) in [5.41, 5.74) is 1.02. The van der Waals surface area contributed by atoms with Gasteiger partial charge in [0.25, 0.3) is 9.84 Å². The van der Waals surface area contributed by atoms with E-state index >= 15 is 0 Å². The first-order valence-corrected chi connectivity index (χ1v) is 8.27. The fourth-order valence-electron chi connectivity index (χ4n) is 2.71. The molecule has 102 valence electrons. The number of hydrogen-bond donors (Lipinski definition) is 0. The Morgan fingerprint density at radius 2 is 1.74 bits per heavy atom. The summed E-state index contributed by atoms with van der Waals surface area (Å²) in [6, 6.07) is 6.81. The molecule has 0 bridgehead atoms. The molecule has 0 saturated heterocycles. The van der Waals surface area contributed by atoms with Gasteiger partial charge in [0.05, 0.1) is 4.90 Å². The van der Waals surface area contributed by atoms with E-state index in [2.05, 4.69) is 4.85 Å². The van der Waals surface area contributed by atoms with E-state index in [1.54, 1.807) is 24.3 Å². The summed E-state index contributed by atoms with van der Waals surface area (Å²) in [5, 5.41) is -0.907. The maximum atomic E-state index is 12.6. The van der Waals surface area contributed by atoms with Crippen molar-refractivity contribution in [2.45, 2.75) is 49.3 Å². The molecular weight excluding hydrogens is 258 g/mol. The average Bonchev–Trinajstić information content (AvgIpc) is 2.41. The Bertz CT molecular complexity index is 563. The average molecular weight is 277 g/mol. The molecule has 2 rings (SSSR count). The number of nitrogens with zero attached hydrogens (tertiary/aromatic N) is 1. The lowest BCUT2D eigenvalue weighted by Crippen LogP contribution is -2.28. The first-order valence-electron chi connectivity index (χ1n) is 6.73. The van der Waals surface area contributed by atoms with Crippen LogP contribution < -0.4 is 0 Å². The standard InChI is InChI=1S/C15H19NO2S/c1-12-8-10-14(11-9-12)19(17,18)15(16-2)13-6-4-3-5-7-13/h8-11,13,15H,3-7H2,1H3. The summed E-state index contributed by atoms with van der Waals surface area (Å²) in [6.45, 7) is 9.21. The second-order valence-corrected chi connectivity index (χ2v) is 7.32. The third-order valence-corrected chi connectivity index (χ3v) is 5.90. The molecule has 1 atom stereocenters. The maximum absolute atomic E-state index is 12.6. The van der Waals surface area contributed by atoms with Gasteiger partial charge in [-0.05, 0) is 31.9 Å². The summed E-state index contributed by atoms with van der Waals surface area (Å²) in [6.07, 6.45) is 4.96. The third-order valence-electron chi connectivity index (χ3n) is 3.85. The highest BCUT2D eigenvalue weighted by Crippen LogP contribution is 2.33. The van der Waals surface area contributed by atoms with Crippen molar-refractivity contribution in [3.63, 3.8) is 0 Å². The molecule has 0 aromatic heterocycles. The number of sulfone groups is 1. The van der Waals surface area contributed by atoms with Crippen LogP contribution in [0.3, 0.4) is 0 Å². The van der Waals surface area contributed by atoms with Crippen LogP contribution in [0, 0.1) is 19.4 Å². The van der Waals surface area contributed by atoms with Gasteiger partial charge in [-0.25, -0.2) is 15.0 Å². The Kier molecular flexibility index (Phi) is 4.26.